The van der Waals surface area contributed by atoms with Crippen molar-refractivity contribution in [3.05, 3.63) is 78.4 Å². The molecule has 3 rings (SSSR count). The molecule has 0 atom stereocenters. The van der Waals surface area contributed by atoms with E-state index in [0.29, 0.717) is 6.61 Å². The highest BCUT2D eigenvalue weighted by Gasteiger charge is 2.03. The Kier molecular flexibility index (Phi) is 5.37. The SMILES string of the molecule is c1ccc(COc2ccccc2CNCCn2cccn2)nc1. The summed E-state index contributed by atoms with van der Waals surface area (Å²) >= 11 is 0. The van der Waals surface area contributed by atoms with Crippen molar-refractivity contribution < 1.29 is 4.74 Å². The number of aromatic nitrogens is 3. The molecule has 1 aromatic carbocycles. The number of pyridine rings is 1. The average molecular weight is 308 g/mol. The number of nitrogens with zero attached hydrogens (tertiary/aromatic N) is 3. The lowest BCUT2D eigenvalue weighted by molar-refractivity contribution is 0.297. The van der Waals surface area contributed by atoms with Crippen LogP contribution in [-0.4, -0.2) is 21.3 Å². The molecule has 5 nitrogen and oxygen atoms in total. The van der Waals surface area contributed by atoms with Crippen molar-refractivity contribution in [2.75, 3.05) is 6.54 Å². The van der Waals surface area contributed by atoms with E-state index in [-0.39, 0.29) is 0 Å². The monoisotopic (exact) mass is 308 g/mol. The zero-order chi connectivity index (χ0) is 15.7. The zero-order valence-electron chi connectivity index (χ0n) is 12.9. The average Bonchev–Trinajstić information content (AvgIpc) is 3.12. The minimum absolute atomic E-state index is 0.477. The minimum Gasteiger partial charge on any atom is -0.487 e. The Morgan fingerprint density at radius 2 is 1.91 bits per heavy atom. The first-order valence-corrected chi connectivity index (χ1v) is 7.70. The highest BCUT2D eigenvalue weighted by molar-refractivity contribution is 5.33. The molecule has 118 valence electrons. The highest BCUT2D eigenvalue weighted by Crippen LogP contribution is 2.18. The second-order valence-electron chi connectivity index (χ2n) is 5.16. The summed E-state index contributed by atoms with van der Waals surface area (Å²) in [6, 6.07) is 15.8. The molecular formula is C18H20N4O. The van der Waals surface area contributed by atoms with E-state index in [9.17, 15) is 0 Å². The van der Waals surface area contributed by atoms with Gasteiger partial charge in [-0.2, -0.15) is 5.10 Å². The van der Waals surface area contributed by atoms with Crippen molar-refractivity contribution in [1.82, 2.24) is 20.1 Å². The number of rotatable bonds is 8. The molecule has 5 heteroatoms. The number of nitrogens with one attached hydrogen (secondary N) is 1. The lowest BCUT2D eigenvalue weighted by Crippen LogP contribution is -2.20. The maximum Gasteiger partial charge on any atom is 0.130 e. The van der Waals surface area contributed by atoms with Crippen molar-refractivity contribution >= 4 is 0 Å². The summed E-state index contributed by atoms with van der Waals surface area (Å²) in [4.78, 5) is 4.28. The second-order valence-corrected chi connectivity index (χ2v) is 5.16. The van der Waals surface area contributed by atoms with Crippen LogP contribution >= 0.6 is 0 Å². The molecular weight excluding hydrogens is 288 g/mol. The summed E-state index contributed by atoms with van der Waals surface area (Å²) < 4.78 is 7.82. The summed E-state index contributed by atoms with van der Waals surface area (Å²) in [5.74, 6) is 0.893. The van der Waals surface area contributed by atoms with Crippen molar-refractivity contribution in [2.24, 2.45) is 0 Å². The summed E-state index contributed by atoms with van der Waals surface area (Å²) in [7, 11) is 0. The molecule has 0 unspecified atom stereocenters. The third-order valence-electron chi connectivity index (χ3n) is 3.47. The Balaban J connectivity index is 1.51. The molecule has 1 N–H and O–H groups in total. The Hall–Kier alpha value is -2.66. The standard InChI is InChI=1S/C18H20N4O/c1-2-8-18(23-15-17-7-3-4-9-20-17)16(6-1)14-19-11-13-22-12-5-10-21-22/h1-10,12,19H,11,13-15H2. The van der Waals surface area contributed by atoms with Gasteiger partial charge in [-0.25, -0.2) is 0 Å². The van der Waals surface area contributed by atoms with Crippen LogP contribution in [0.25, 0.3) is 0 Å². The summed E-state index contributed by atoms with van der Waals surface area (Å²) in [5.41, 5.74) is 2.07. The molecule has 0 aliphatic rings. The smallest absolute Gasteiger partial charge is 0.130 e. The van der Waals surface area contributed by atoms with E-state index in [4.69, 9.17) is 4.74 Å². The Morgan fingerprint density at radius 1 is 1.00 bits per heavy atom. The molecule has 0 amide bonds. The molecule has 0 radical (unpaired) electrons. The maximum atomic E-state index is 5.91. The van der Waals surface area contributed by atoms with Crippen LogP contribution in [0.4, 0.5) is 0 Å². The van der Waals surface area contributed by atoms with Crippen LogP contribution in [0.5, 0.6) is 5.75 Å². The van der Waals surface area contributed by atoms with Crippen LogP contribution in [0.2, 0.25) is 0 Å². The Labute approximate surface area is 135 Å². The fourth-order valence-electron chi connectivity index (χ4n) is 2.28. The van der Waals surface area contributed by atoms with Crippen LogP contribution in [0, 0.1) is 0 Å². The van der Waals surface area contributed by atoms with Gasteiger partial charge in [0, 0.05) is 37.2 Å². The van der Waals surface area contributed by atoms with E-state index < -0.39 is 0 Å². The van der Waals surface area contributed by atoms with Crippen molar-refractivity contribution in [2.45, 2.75) is 19.7 Å². The van der Waals surface area contributed by atoms with Gasteiger partial charge >= 0.3 is 0 Å². The van der Waals surface area contributed by atoms with E-state index in [1.165, 1.54) is 0 Å². The van der Waals surface area contributed by atoms with Gasteiger partial charge in [0.25, 0.3) is 0 Å². The van der Waals surface area contributed by atoms with Gasteiger partial charge in [0.05, 0.1) is 12.2 Å². The molecule has 2 heterocycles. The molecule has 2 aromatic heterocycles. The summed E-state index contributed by atoms with van der Waals surface area (Å²) in [6.45, 7) is 2.95. The number of hydrogen-bond acceptors (Lipinski definition) is 4. The third kappa shape index (κ3) is 4.66. The number of benzene rings is 1. The summed E-state index contributed by atoms with van der Waals surface area (Å²) in [6.07, 6.45) is 5.54. The van der Waals surface area contributed by atoms with Crippen molar-refractivity contribution in [1.29, 1.82) is 0 Å². The zero-order valence-corrected chi connectivity index (χ0v) is 12.9. The predicted molar refractivity (Wildman–Crippen MR) is 88.9 cm³/mol. The van der Waals surface area contributed by atoms with Crippen LogP contribution < -0.4 is 10.1 Å². The molecule has 0 fully saturated rings. The first-order chi connectivity index (χ1) is 11.4. The lowest BCUT2D eigenvalue weighted by Gasteiger charge is -2.12. The van der Waals surface area contributed by atoms with Crippen molar-refractivity contribution in [3.8, 4) is 5.75 Å². The van der Waals surface area contributed by atoms with Gasteiger partial charge in [0.15, 0.2) is 0 Å². The van der Waals surface area contributed by atoms with Crippen LogP contribution in [0.15, 0.2) is 67.1 Å². The molecule has 0 saturated heterocycles. The predicted octanol–water partition coefficient (Wildman–Crippen LogP) is 2.65. The van der Waals surface area contributed by atoms with Crippen molar-refractivity contribution in [3.63, 3.8) is 0 Å². The van der Waals surface area contributed by atoms with Crippen LogP contribution in [0.3, 0.4) is 0 Å². The second kappa shape index (κ2) is 8.10. The highest BCUT2D eigenvalue weighted by atomic mass is 16.5. The summed E-state index contributed by atoms with van der Waals surface area (Å²) in [5, 5.41) is 7.61. The van der Waals surface area contributed by atoms with E-state index in [1.54, 1.807) is 12.4 Å². The molecule has 0 aliphatic heterocycles. The van der Waals surface area contributed by atoms with Gasteiger partial charge in [-0.1, -0.05) is 24.3 Å². The lowest BCUT2D eigenvalue weighted by atomic mass is 10.2. The first-order valence-electron chi connectivity index (χ1n) is 7.70. The Morgan fingerprint density at radius 3 is 2.74 bits per heavy atom. The first kappa shape index (κ1) is 15.2. The number of hydrogen-bond donors (Lipinski definition) is 1. The number of ether oxygens (including phenoxy) is 1. The van der Waals surface area contributed by atoms with E-state index in [0.717, 1.165) is 36.6 Å². The fraction of sp³-hybridized carbons (Fsp3) is 0.222. The minimum atomic E-state index is 0.477. The van der Waals surface area contributed by atoms with Gasteiger partial charge in [-0.15, -0.1) is 0 Å². The topological polar surface area (TPSA) is 52.0 Å². The molecule has 0 aliphatic carbocycles. The van der Waals surface area contributed by atoms with Gasteiger partial charge < -0.3 is 10.1 Å². The normalized spacial score (nSPS) is 10.6. The van der Waals surface area contributed by atoms with E-state index in [2.05, 4.69) is 21.5 Å². The fourth-order valence-corrected chi connectivity index (χ4v) is 2.28. The largest absolute Gasteiger partial charge is 0.487 e. The van der Waals surface area contributed by atoms with Crippen LogP contribution in [0.1, 0.15) is 11.3 Å². The van der Waals surface area contributed by atoms with Gasteiger partial charge in [-0.05, 0) is 24.3 Å². The molecule has 3 aromatic rings. The van der Waals surface area contributed by atoms with Gasteiger partial charge in [0.1, 0.15) is 12.4 Å². The molecule has 0 bridgehead atoms. The van der Waals surface area contributed by atoms with Gasteiger partial charge in [0.2, 0.25) is 0 Å². The van der Waals surface area contributed by atoms with Crippen LogP contribution in [-0.2, 0) is 19.7 Å². The molecule has 0 spiro atoms. The van der Waals surface area contributed by atoms with E-state index >= 15 is 0 Å². The quantitative estimate of drug-likeness (QED) is 0.650. The Bertz CT molecular complexity index is 698. The maximum absolute atomic E-state index is 5.91. The molecule has 0 saturated carbocycles. The molecule has 23 heavy (non-hydrogen) atoms. The third-order valence-corrected chi connectivity index (χ3v) is 3.47. The van der Waals surface area contributed by atoms with Gasteiger partial charge in [-0.3, -0.25) is 9.67 Å². The number of para-hydroxylation sites is 1. The van der Waals surface area contributed by atoms with E-state index in [1.807, 2.05) is 53.3 Å².